The van der Waals surface area contributed by atoms with Gasteiger partial charge in [-0.25, -0.2) is 29.9 Å². The molecular weight excluding hydrogens is 1830 g/mol. The van der Waals surface area contributed by atoms with E-state index in [1.807, 2.05) is 90.2 Å². The molecule has 23 aromatic carbocycles. The molecule has 0 saturated heterocycles. The van der Waals surface area contributed by atoms with E-state index in [0.717, 1.165) is 184 Å². The Balaban J connectivity index is 0.000000107. The summed E-state index contributed by atoms with van der Waals surface area (Å²) in [5, 5.41) is 18.0. The Kier molecular flexibility index (Phi) is 20.5. The molecule has 149 heavy (non-hydrogen) atoms. The van der Waals surface area contributed by atoms with E-state index in [-0.39, 0.29) is 0 Å². The third-order valence-electron chi connectivity index (χ3n) is 30.0. The van der Waals surface area contributed by atoms with Gasteiger partial charge >= 0.3 is 0 Å². The van der Waals surface area contributed by atoms with Gasteiger partial charge in [-0.2, -0.15) is 0 Å². The molecule has 30 aromatic rings. The summed E-state index contributed by atoms with van der Waals surface area (Å²) in [6, 6.07) is 183. The fourth-order valence-electron chi connectivity index (χ4n) is 23.1. The summed E-state index contributed by atoms with van der Waals surface area (Å²) in [5.74, 6) is 0.738. The zero-order chi connectivity index (χ0) is 98.1. The van der Waals surface area contributed by atoms with Gasteiger partial charge in [0.1, 0.15) is 22.3 Å². The third-order valence-corrected chi connectivity index (χ3v) is 31.2. The molecule has 31 rings (SSSR count). The largest absolute Gasteiger partial charge is 0.456 e. The monoisotopic (exact) mass is 1920 g/mol. The van der Waals surface area contributed by atoms with E-state index in [9.17, 15) is 0 Å². The molecule has 1 aliphatic rings. The van der Waals surface area contributed by atoms with Crippen molar-refractivity contribution >= 4 is 162 Å². The first-order valence-electron chi connectivity index (χ1n) is 50.5. The number of furan rings is 2. The highest BCUT2D eigenvalue weighted by Crippen LogP contribution is 2.58. The summed E-state index contributed by atoms with van der Waals surface area (Å²) >= 11 is 1.88. The van der Waals surface area contributed by atoms with Gasteiger partial charge in [0.15, 0.2) is 5.82 Å². The minimum absolute atomic E-state index is 0.507. The topological polar surface area (TPSA) is 109 Å². The molecule has 0 saturated carbocycles. The van der Waals surface area contributed by atoms with Crippen molar-refractivity contribution in [3.05, 3.63) is 538 Å². The number of hydrogen-bond acceptors (Lipinski definition) is 9. The van der Waals surface area contributed by atoms with Gasteiger partial charge in [-0.3, -0.25) is 0 Å². The molecule has 0 bridgehead atoms. The van der Waals surface area contributed by atoms with Crippen LogP contribution in [0.2, 0.25) is 0 Å². The lowest BCUT2D eigenvalue weighted by Gasteiger charge is -2.34. The number of aromatic nitrogens is 7. The highest BCUT2D eigenvalue weighted by Gasteiger charge is 2.46. The summed E-state index contributed by atoms with van der Waals surface area (Å²) in [5.41, 5.74) is 36.0. The van der Waals surface area contributed by atoms with Gasteiger partial charge in [-0.05, 0) is 203 Å². The molecule has 0 unspecified atom stereocenters. The summed E-state index contributed by atoms with van der Waals surface area (Å²) in [6.07, 6.45) is 0. The molecule has 0 fully saturated rings. The first-order valence-corrected chi connectivity index (χ1v) is 51.3. The van der Waals surface area contributed by atoms with Crippen LogP contribution in [-0.4, -0.2) is 34.5 Å². The molecule has 0 aliphatic heterocycles. The van der Waals surface area contributed by atoms with Crippen molar-refractivity contribution in [2.24, 2.45) is 0 Å². The van der Waals surface area contributed by atoms with Gasteiger partial charge in [0, 0.05) is 102 Å². The maximum absolute atomic E-state index is 6.18. The molecule has 0 spiro atoms. The van der Waals surface area contributed by atoms with E-state index in [0.29, 0.717) is 0 Å². The van der Waals surface area contributed by atoms with Crippen LogP contribution in [-0.2, 0) is 5.41 Å². The Morgan fingerprint density at radius 2 is 0.631 bits per heavy atom. The lowest BCUT2D eigenvalue weighted by Crippen LogP contribution is -2.28. The number of fused-ring (bicyclic) bond motifs is 24. The van der Waals surface area contributed by atoms with Crippen LogP contribution in [0.3, 0.4) is 0 Å². The Hall–Kier alpha value is -19.5. The molecule has 0 amide bonds. The maximum Gasteiger partial charge on any atom is 0.160 e. The van der Waals surface area contributed by atoms with E-state index >= 15 is 0 Å². The van der Waals surface area contributed by atoms with Crippen LogP contribution < -0.4 is 0 Å². The fourth-order valence-corrected chi connectivity index (χ4v) is 24.3. The van der Waals surface area contributed by atoms with Crippen LogP contribution >= 0.6 is 11.3 Å². The number of hydrogen-bond donors (Lipinski definition) is 0. The van der Waals surface area contributed by atoms with Gasteiger partial charge in [0.25, 0.3) is 0 Å². The lowest BCUT2D eigenvalue weighted by molar-refractivity contribution is 0.669. The van der Waals surface area contributed by atoms with Crippen LogP contribution in [0.5, 0.6) is 0 Å². The van der Waals surface area contributed by atoms with Crippen molar-refractivity contribution in [3.8, 4) is 118 Å². The van der Waals surface area contributed by atoms with Crippen LogP contribution in [0.4, 0.5) is 0 Å². The van der Waals surface area contributed by atoms with E-state index in [4.69, 9.17) is 38.7 Å². The SMILES string of the molecule is c1ccc(-c2nc(-c3cccc(-c4ccc5ccc6c7ccccc7sc6c5c4)c3)nc3ccccc23)cc1.c1ccc(-n2c3ccccc3c3cccc(-c4nc5ccccc5nc4-c4ccc(-c5ccc6c(ccc7oc8ccccc8c76)c5)cc4)c32)cc1.c1ccc(C2(c3ccccc3)c3ccccc3-c3ccc(-c4nc5ccccc5nc4-c4ccc(-c5ccc6c(ccc7oc8ccccc8c76)c5)cc4)cc32)cc1. The molecule has 0 N–H and O–H groups in total. The Morgan fingerprint density at radius 1 is 0.208 bits per heavy atom. The minimum atomic E-state index is -0.507. The molecule has 7 heterocycles. The van der Waals surface area contributed by atoms with Crippen molar-refractivity contribution in [2.45, 2.75) is 5.41 Å². The molecular formula is C139H85N7O2S. The summed E-state index contributed by atoms with van der Waals surface area (Å²) in [6.45, 7) is 0. The molecule has 694 valence electrons. The van der Waals surface area contributed by atoms with Gasteiger partial charge < -0.3 is 13.4 Å². The van der Waals surface area contributed by atoms with Gasteiger partial charge in [0.05, 0.1) is 72.5 Å². The second-order valence-corrected chi connectivity index (χ2v) is 39.5. The predicted molar refractivity (Wildman–Crippen MR) is 619 cm³/mol. The van der Waals surface area contributed by atoms with Crippen LogP contribution in [0.15, 0.2) is 524 Å². The van der Waals surface area contributed by atoms with Crippen LogP contribution in [0.25, 0.3) is 269 Å². The van der Waals surface area contributed by atoms with E-state index in [1.165, 1.54) is 108 Å². The minimum Gasteiger partial charge on any atom is -0.456 e. The zero-order valence-corrected chi connectivity index (χ0v) is 81.2. The highest BCUT2D eigenvalue weighted by molar-refractivity contribution is 7.26. The third kappa shape index (κ3) is 14.6. The maximum atomic E-state index is 6.18. The average Bonchev–Trinajstić information content (AvgIpc) is 1.53. The molecule has 10 heteroatoms. The quantitative estimate of drug-likeness (QED) is 0.119. The van der Waals surface area contributed by atoms with Gasteiger partial charge in [0.2, 0.25) is 0 Å². The number of para-hydroxylation sites is 10. The molecule has 0 radical (unpaired) electrons. The molecule has 0 atom stereocenters. The average molecular weight is 1920 g/mol. The summed E-state index contributed by atoms with van der Waals surface area (Å²) in [7, 11) is 0. The summed E-state index contributed by atoms with van der Waals surface area (Å²) in [4.78, 5) is 31.4. The van der Waals surface area contributed by atoms with Crippen molar-refractivity contribution in [1.29, 1.82) is 0 Å². The standard InChI is InChI=1S/C55H34N2O.C48H29N3O.C36H22N2S/c1-3-13-40(14-4-1)55(41-15-5-2-6-16-41)46-19-9-7-17-43(46)44-31-28-39(34-47(44)55)54-53(56-48-20-10-11-21-49(48)57-54)36-25-23-35(24-26-36)37-27-30-42-38(33-37)29-32-51-52(42)45-18-8-12-22-50(45)58-51;1-2-11-34(12-3-1)51-42-19-8-4-13-36(42)37-15-10-16-39(48(37)51)47-46(49-40-17-6-7-18-41(40)50-47)31-23-21-30(22-24-31)32-25-27-35-33(29-32)26-28-44-45(35)38-14-5-9-20-43(38)52-44;1-2-9-24(10-3-1)34-30-14-4-6-15-32(30)37-36(38-34)27-12-8-11-25(21-27)26-18-17-23-19-20-29-28-13-5-7-16-33(28)39-35(29)31(23)22-26/h1-34H;1-29H;1-22H. The van der Waals surface area contributed by atoms with E-state index < -0.39 is 5.41 Å². The van der Waals surface area contributed by atoms with Gasteiger partial charge in [-0.1, -0.05) is 406 Å². The number of thiophene rings is 1. The Labute approximate surface area is 860 Å². The second-order valence-electron chi connectivity index (χ2n) is 38.4. The molecule has 1 aliphatic carbocycles. The van der Waals surface area contributed by atoms with Crippen molar-refractivity contribution in [3.63, 3.8) is 0 Å². The van der Waals surface area contributed by atoms with Crippen LogP contribution in [0, 0.1) is 0 Å². The normalized spacial score (nSPS) is 12.2. The summed E-state index contributed by atoms with van der Waals surface area (Å²) < 4.78 is 17.4. The van der Waals surface area contributed by atoms with Crippen molar-refractivity contribution < 1.29 is 8.83 Å². The smallest absolute Gasteiger partial charge is 0.160 e. The van der Waals surface area contributed by atoms with Crippen molar-refractivity contribution in [1.82, 2.24) is 34.5 Å². The first kappa shape index (κ1) is 86.2. The fraction of sp³-hybridized carbons (Fsp3) is 0.00719. The highest BCUT2D eigenvalue weighted by atomic mass is 32.1. The van der Waals surface area contributed by atoms with E-state index in [1.54, 1.807) is 0 Å². The van der Waals surface area contributed by atoms with E-state index in [2.05, 4.69) is 441 Å². The second kappa shape index (κ2) is 35.5. The first-order chi connectivity index (χ1) is 73.8. The molecule has 9 nitrogen and oxygen atoms in total. The molecule has 7 aromatic heterocycles. The lowest BCUT2D eigenvalue weighted by atomic mass is 9.67. The van der Waals surface area contributed by atoms with Gasteiger partial charge in [-0.15, -0.1) is 11.3 Å². The predicted octanol–water partition coefficient (Wildman–Crippen LogP) is 37.0. The zero-order valence-electron chi connectivity index (χ0n) is 80.4. The number of nitrogens with zero attached hydrogens (tertiary/aromatic N) is 7. The Morgan fingerprint density at radius 3 is 1.27 bits per heavy atom. The number of benzene rings is 23. The Bertz CT molecular complexity index is 10600. The number of rotatable bonds is 12. The van der Waals surface area contributed by atoms with Crippen LogP contribution in [0.1, 0.15) is 22.3 Å². The van der Waals surface area contributed by atoms with Crippen molar-refractivity contribution in [2.75, 3.05) is 0 Å².